The van der Waals surface area contributed by atoms with E-state index in [-0.39, 0.29) is 17.4 Å². The summed E-state index contributed by atoms with van der Waals surface area (Å²) in [5.74, 6) is -7.82. The zero-order chi connectivity index (χ0) is 19.6. The Morgan fingerprint density at radius 3 is 2.48 bits per heavy atom. The number of methoxy groups -OCH3 is 1. The zero-order valence-corrected chi connectivity index (χ0v) is 14.0. The van der Waals surface area contributed by atoms with Gasteiger partial charge in [0.05, 0.1) is 20.3 Å². The van der Waals surface area contributed by atoms with Crippen LogP contribution in [0, 0.1) is 23.5 Å². The number of hydrogen-bond donors (Lipinski definition) is 1. The standard InChI is InChI=1S/C17H14F4N2O4/c1-25-10-3-2-8(6-11(10)27-9-4-5-26-7-9)17(24)22-14-12(18)15(20)23-16(21)13(14)19/h2-3,6,9H,4-5,7H2,1H3,(H,22,23,24). The molecule has 2 aromatic rings. The van der Waals surface area contributed by atoms with E-state index in [0.717, 1.165) is 0 Å². The number of amides is 1. The molecule has 0 aliphatic carbocycles. The fourth-order valence-corrected chi connectivity index (χ4v) is 2.48. The van der Waals surface area contributed by atoms with Crippen molar-refractivity contribution in [2.45, 2.75) is 12.5 Å². The molecule has 1 aromatic heterocycles. The Bertz CT molecular complexity index is 846. The summed E-state index contributed by atoms with van der Waals surface area (Å²) in [7, 11) is 1.40. The van der Waals surface area contributed by atoms with Crippen LogP contribution in [-0.4, -0.2) is 37.3 Å². The summed E-state index contributed by atoms with van der Waals surface area (Å²) in [5, 5.41) is 1.80. The van der Waals surface area contributed by atoms with E-state index < -0.39 is 35.1 Å². The number of aromatic nitrogens is 1. The van der Waals surface area contributed by atoms with E-state index >= 15 is 0 Å². The van der Waals surface area contributed by atoms with Crippen molar-refractivity contribution >= 4 is 11.6 Å². The molecule has 1 saturated heterocycles. The number of pyridine rings is 1. The molecule has 1 amide bonds. The average Bonchev–Trinajstić information content (AvgIpc) is 3.16. The largest absolute Gasteiger partial charge is 0.493 e. The summed E-state index contributed by atoms with van der Waals surface area (Å²) in [6, 6.07) is 4.01. The lowest BCUT2D eigenvalue weighted by atomic mass is 10.1. The van der Waals surface area contributed by atoms with Crippen LogP contribution in [0.15, 0.2) is 18.2 Å². The quantitative estimate of drug-likeness (QED) is 0.632. The summed E-state index contributed by atoms with van der Waals surface area (Å²) in [6.45, 7) is 0.899. The number of hydrogen-bond acceptors (Lipinski definition) is 5. The van der Waals surface area contributed by atoms with E-state index in [1.807, 2.05) is 0 Å². The third kappa shape index (κ3) is 3.95. The summed E-state index contributed by atoms with van der Waals surface area (Å²) in [4.78, 5) is 14.7. The Hall–Kier alpha value is -2.88. The van der Waals surface area contributed by atoms with Crippen molar-refractivity contribution in [3.63, 3.8) is 0 Å². The maximum absolute atomic E-state index is 13.7. The Labute approximate surface area is 151 Å². The lowest BCUT2D eigenvalue weighted by molar-refractivity contribution is 0.102. The minimum Gasteiger partial charge on any atom is -0.493 e. The summed E-state index contributed by atoms with van der Waals surface area (Å²) in [5.41, 5.74) is -1.34. The molecule has 1 aliphatic heterocycles. The van der Waals surface area contributed by atoms with Crippen LogP contribution in [0.1, 0.15) is 16.8 Å². The van der Waals surface area contributed by atoms with Gasteiger partial charge in [0.15, 0.2) is 11.5 Å². The Balaban J connectivity index is 1.87. The molecule has 1 atom stereocenters. The number of carbonyl (C=O) groups excluding carboxylic acids is 1. The number of carbonyl (C=O) groups is 1. The van der Waals surface area contributed by atoms with Gasteiger partial charge in [-0.3, -0.25) is 4.79 Å². The molecule has 144 valence electrons. The Morgan fingerprint density at radius 2 is 1.89 bits per heavy atom. The Kier molecular flexibility index (Phi) is 5.45. The van der Waals surface area contributed by atoms with Crippen LogP contribution in [0.5, 0.6) is 11.5 Å². The molecule has 1 unspecified atom stereocenters. The predicted molar refractivity (Wildman–Crippen MR) is 84.9 cm³/mol. The van der Waals surface area contributed by atoms with Gasteiger partial charge >= 0.3 is 0 Å². The molecule has 1 fully saturated rings. The molecule has 10 heteroatoms. The van der Waals surface area contributed by atoms with Gasteiger partial charge in [-0.05, 0) is 18.2 Å². The van der Waals surface area contributed by atoms with E-state index in [1.54, 1.807) is 5.32 Å². The van der Waals surface area contributed by atoms with Gasteiger partial charge < -0.3 is 19.5 Å². The monoisotopic (exact) mass is 386 g/mol. The highest BCUT2D eigenvalue weighted by molar-refractivity contribution is 6.04. The normalized spacial score (nSPS) is 16.3. The fraction of sp³-hybridized carbons (Fsp3) is 0.294. The highest BCUT2D eigenvalue weighted by Gasteiger charge is 2.24. The third-order valence-corrected chi connectivity index (χ3v) is 3.84. The number of nitrogens with one attached hydrogen (secondary N) is 1. The molecule has 0 radical (unpaired) electrons. The molecule has 1 aliphatic rings. The first-order valence-corrected chi connectivity index (χ1v) is 7.84. The molecule has 27 heavy (non-hydrogen) atoms. The van der Waals surface area contributed by atoms with E-state index in [0.29, 0.717) is 25.4 Å². The first kappa shape index (κ1) is 18.9. The lowest BCUT2D eigenvalue weighted by Gasteiger charge is -2.16. The average molecular weight is 386 g/mol. The number of nitrogens with zero attached hydrogens (tertiary/aromatic N) is 1. The second kappa shape index (κ2) is 7.78. The number of halogens is 4. The summed E-state index contributed by atoms with van der Waals surface area (Å²) in [6.07, 6.45) is 0.404. The minimum atomic E-state index is -1.87. The topological polar surface area (TPSA) is 69.7 Å². The van der Waals surface area contributed by atoms with Crippen LogP contribution >= 0.6 is 0 Å². The van der Waals surface area contributed by atoms with Gasteiger partial charge in [-0.2, -0.15) is 22.5 Å². The van der Waals surface area contributed by atoms with E-state index in [9.17, 15) is 22.4 Å². The van der Waals surface area contributed by atoms with E-state index in [2.05, 4.69) is 4.98 Å². The summed E-state index contributed by atoms with van der Waals surface area (Å²) >= 11 is 0. The van der Waals surface area contributed by atoms with Gasteiger partial charge in [-0.15, -0.1) is 0 Å². The third-order valence-electron chi connectivity index (χ3n) is 3.84. The van der Waals surface area contributed by atoms with Gasteiger partial charge in [0.2, 0.25) is 11.6 Å². The number of anilines is 1. The van der Waals surface area contributed by atoms with Crippen LogP contribution in [0.2, 0.25) is 0 Å². The second-order valence-electron chi connectivity index (χ2n) is 5.62. The van der Waals surface area contributed by atoms with Gasteiger partial charge in [0, 0.05) is 12.0 Å². The molecular weight excluding hydrogens is 372 g/mol. The summed E-state index contributed by atoms with van der Waals surface area (Å²) < 4.78 is 69.8. The van der Waals surface area contributed by atoms with Crippen LogP contribution in [0.4, 0.5) is 23.2 Å². The molecule has 0 spiro atoms. The lowest BCUT2D eigenvalue weighted by Crippen LogP contribution is -2.18. The van der Waals surface area contributed by atoms with Crippen molar-refractivity contribution in [3.8, 4) is 11.5 Å². The molecule has 1 aromatic carbocycles. The van der Waals surface area contributed by atoms with Crippen molar-refractivity contribution < 1.29 is 36.6 Å². The van der Waals surface area contributed by atoms with Gasteiger partial charge in [0.1, 0.15) is 11.8 Å². The highest BCUT2D eigenvalue weighted by Crippen LogP contribution is 2.31. The first-order chi connectivity index (χ1) is 12.9. The first-order valence-electron chi connectivity index (χ1n) is 7.84. The second-order valence-corrected chi connectivity index (χ2v) is 5.62. The molecule has 3 rings (SSSR count). The smallest absolute Gasteiger partial charge is 0.255 e. The van der Waals surface area contributed by atoms with Crippen LogP contribution in [0.25, 0.3) is 0 Å². The van der Waals surface area contributed by atoms with E-state index in [1.165, 1.54) is 25.3 Å². The molecular formula is C17H14F4N2O4. The van der Waals surface area contributed by atoms with Crippen LogP contribution in [-0.2, 0) is 4.74 Å². The minimum absolute atomic E-state index is 0.0684. The number of rotatable bonds is 5. The fourth-order valence-electron chi connectivity index (χ4n) is 2.48. The van der Waals surface area contributed by atoms with Crippen molar-refractivity contribution in [1.82, 2.24) is 4.98 Å². The zero-order valence-electron chi connectivity index (χ0n) is 14.0. The van der Waals surface area contributed by atoms with Crippen LogP contribution in [0.3, 0.4) is 0 Å². The highest BCUT2D eigenvalue weighted by atomic mass is 19.2. The number of ether oxygens (including phenoxy) is 3. The van der Waals surface area contributed by atoms with Crippen molar-refractivity contribution in [1.29, 1.82) is 0 Å². The SMILES string of the molecule is COc1ccc(C(=O)Nc2c(F)c(F)nc(F)c2F)cc1OC1CCOC1. The molecule has 6 nitrogen and oxygen atoms in total. The van der Waals surface area contributed by atoms with E-state index in [4.69, 9.17) is 14.2 Å². The van der Waals surface area contributed by atoms with Gasteiger partial charge in [0.25, 0.3) is 17.8 Å². The number of benzene rings is 1. The maximum atomic E-state index is 13.7. The van der Waals surface area contributed by atoms with Crippen molar-refractivity contribution in [2.24, 2.45) is 0 Å². The predicted octanol–water partition coefficient (Wildman–Crippen LogP) is 3.07. The maximum Gasteiger partial charge on any atom is 0.255 e. The molecule has 2 heterocycles. The van der Waals surface area contributed by atoms with Crippen molar-refractivity contribution in [3.05, 3.63) is 47.3 Å². The Morgan fingerprint density at radius 1 is 1.19 bits per heavy atom. The van der Waals surface area contributed by atoms with Gasteiger partial charge in [-0.1, -0.05) is 0 Å². The van der Waals surface area contributed by atoms with Crippen LogP contribution < -0.4 is 14.8 Å². The molecule has 1 N–H and O–H groups in total. The van der Waals surface area contributed by atoms with Gasteiger partial charge in [-0.25, -0.2) is 0 Å². The van der Waals surface area contributed by atoms with Crippen molar-refractivity contribution in [2.75, 3.05) is 25.6 Å². The molecule has 0 bridgehead atoms. The molecule has 0 saturated carbocycles.